The SMILES string of the molecule is CN(C)c1ccc(/C=C/C(C=O)=N/c2cc(F)ccc2N(C)Cc2cccnc2)cc1. The number of hydrogen-bond acceptors (Lipinski definition) is 5. The number of aliphatic imine (C=N–C) groups is 1. The predicted octanol–water partition coefficient (Wildman–Crippen LogP) is 4.91. The summed E-state index contributed by atoms with van der Waals surface area (Å²) in [4.78, 5) is 24.1. The Labute approximate surface area is 182 Å². The topological polar surface area (TPSA) is 48.8 Å². The molecule has 0 aliphatic carbocycles. The average molecular weight is 417 g/mol. The molecular weight excluding hydrogens is 391 g/mol. The van der Waals surface area contributed by atoms with Crippen LogP contribution >= 0.6 is 0 Å². The molecule has 0 amide bonds. The van der Waals surface area contributed by atoms with E-state index in [0.29, 0.717) is 24.2 Å². The summed E-state index contributed by atoms with van der Waals surface area (Å²) in [5.74, 6) is -0.411. The highest BCUT2D eigenvalue weighted by Crippen LogP contribution is 2.30. The first-order valence-electron chi connectivity index (χ1n) is 9.85. The van der Waals surface area contributed by atoms with Crippen molar-refractivity contribution in [3.8, 4) is 0 Å². The third-order valence-corrected chi connectivity index (χ3v) is 4.72. The van der Waals surface area contributed by atoms with E-state index in [4.69, 9.17) is 0 Å². The zero-order chi connectivity index (χ0) is 22.2. The lowest BCUT2D eigenvalue weighted by atomic mass is 10.1. The van der Waals surface area contributed by atoms with Gasteiger partial charge in [0, 0.05) is 51.8 Å². The molecule has 0 radical (unpaired) electrons. The van der Waals surface area contributed by atoms with Crippen LogP contribution in [0.4, 0.5) is 21.5 Å². The summed E-state index contributed by atoms with van der Waals surface area (Å²) in [5, 5.41) is 0. The second-order valence-corrected chi connectivity index (χ2v) is 7.32. The van der Waals surface area contributed by atoms with Gasteiger partial charge in [-0.1, -0.05) is 24.3 Å². The standard InChI is InChI=1S/C25H25FN4O/c1-29(2)23-11-7-19(8-12-23)6-10-22(18-31)28-24-15-21(26)9-13-25(24)30(3)17-20-5-4-14-27-16-20/h4-16,18H,17H2,1-3H3/b10-6+,28-22-. The molecule has 158 valence electrons. The highest BCUT2D eigenvalue weighted by molar-refractivity contribution is 6.35. The molecule has 0 bridgehead atoms. The van der Waals surface area contributed by atoms with Gasteiger partial charge in [0.05, 0.1) is 11.4 Å². The fourth-order valence-electron chi connectivity index (χ4n) is 3.07. The number of nitrogens with zero attached hydrogens (tertiary/aromatic N) is 4. The first-order valence-corrected chi connectivity index (χ1v) is 9.85. The van der Waals surface area contributed by atoms with Crippen LogP contribution in [0.2, 0.25) is 0 Å². The Morgan fingerprint density at radius 2 is 1.87 bits per heavy atom. The average Bonchev–Trinajstić information content (AvgIpc) is 2.77. The van der Waals surface area contributed by atoms with E-state index in [0.717, 1.165) is 16.8 Å². The number of allylic oxidation sites excluding steroid dienone is 1. The van der Waals surface area contributed by atoms with Gasteiger partial charge in [0.25, 0.3) is 0 Å². The zero-order valence-corrected chi connectivity index (χ0v) is 17.9. The second kappa shape index (κ2) is 10.3. The fraction of sp³-hybridized carbons (Fsp3) is 0.160. The van der Waals surface area contributed by atoms with Gasteiger partial charge >= 0.3 is 0 Å². The molecule has 1 aromatic heterocycles. The lowest BCUT2D eigenvalue weighted by molar-refractivity contribution is -0.102. The third kappa shape index (κ3) is 6.09. The Hall–Kier alpha value is -3.80. The third-order valence-electron chi connectivity index (χ3n) is 4.72. The maximum Gasteiger partial charge on any atom is 0.168 e. The molecule has 0 N–H and O–H groups in total. The number of hydrogen-bond donors (Lipinski definition) is 0. The molecule has 1 heterocycles. The Morgan fingerprint density at radius 1 is 1.10 bits per heavy atom. The molecule has 6 heteroatoms. The second-order valence-electron chi connectivity index (χ2n) is 7.32. The summed E-state index contributed by atoms with van der Waals surface area (Å²) in [5.41, 5.74) is 4.35. The van der Waals surface area contributed by atoms with Crippen LogP contribution in [0.15, 0.2) is 78.1 Å². The molecule has 2 aromatic carbocycles. The van der Waals surface area contributed by atoms with Gasteiger partial charge in [-0.15, -0.1) is 0 Å². The molecule has 0 unspecified atom stereocenters. The van der Waals surface area contributed by atoms with Gasteiger partial charge in [-0.25, -0.2) is 9.38 Å². The maximum atomic E-state index is 13.9. The molecular formula is C25H25FN4O. The minimum Gasteiger partial charge on any atom is -0.378 e. The van der Waals surface area contributed by atoms with Gasteiger partial charge in [-0.3, -0.25) is 9.78 Å². The molecule has 0 aliphatic heterocycles. The van der Waals surface area contributed by atoms with Crippen molar-refractivity contribution < 1.29 is 9.18 Å². The number of rotatable bonds is 8. The summed E-state index contributed by atoms with van der Waals surface area (Å²) in [6, 6.07) is 16.1. The van der Waals surface area contributed by atoms with E-state index in [1.807, 2.05) is 73.4 Å². The summed E-state index contributed by atoms with van der Waals surface area (Å²) < 4.78 is 13.9. The lowest BCUT2D eigenvalue weighted by Crippen LogP contribution is -2.16. The summed E-state index contributed by atoms with van der Waals surface area (Å²) in [6.07, 6.45) is 7.61. The van der Waals surface area contributed by atoms with E-state index in [1.165, 1.54) is 12.1 Å². The molecule has 31 heavy (non-hydrogen) atoms. The van der Waals surface area contributed by atoms with Crippen LogP contribution in [0, 0.1) is 5.82 Å². The normalized spacial score (nSPS) is 11.5. The highest BCUT2D eigenvalue weighted by Gasteiger charge is 2.10. The van der Waals surface area contributed by atoms with Gasteiger partial charge < -0.3 is 9.80 Å². The number of carbonyl (C=O) groups is 1. The maximum absolute atomic E-state index is 13.9. The molecule has 3 aromatic rings. The van der Waals surface area contributed by atoms with Crippen molar-refractivity contribution in [1.29, 1.82) is 0 Å². The van der Waals surface area contributed by atoms with Gasteiger partial charge in [0.2, 0.25) is 0 Å². The van der Waals surface area contributed by atoms with Crippen molar-refractivity contribution in [3.05, 3.63) is 90.0 Å². The van der Waals surface area contributed by atoms with E-state index >= 15 is 0 Å². The van der Waals surface area contributed by atoms with Crippen LogP contribution in [0.5, 0.6) is 0 Å². The van der Waals surface area contributed by atoms with Gasteiger partial charge in [-0.2, -0.15) is 0 Å². The number of aromatic nitrogens is 1. The summed E-state index contributed by atoms with van der Waals surface area (Å²) >= 11 is 0. The highest BCUT2D eigenvalue weighted by atomic mass is 19.1. The van der Waals surface area contributed by atoms with Crippen molar-refractivity contribution in [3.63, 3.8) is 0 Å². The Balaban J connectivity index is 1.85. The van der Waals surface area contributed by atoms with Crippen LogP contribution < -0.4 is 9.80 Å². The smallest absolute Gasteiger partial charge is 0.168 e. The molecule has 0 saturated heterocycles. The zero-order valence-electron chi connectivity index (χ0n) is 17.9. The predicted molar refractivity (Wildman–Crippen MR) is 126 cm³/mol. The van der Waals surface area contributed by atoms with E-state index in [1.54, 1.807) is 24.5 Å². The molecule has 0 spiro atoms. The number of halogens is 1. The lowest BCUT2D eigenvalue weighted by Gasteiger charge is -2.21. The first-order chi connectivity index (χ1) is 15.0. The van der Waals surface area contributed by atoms with Crippen molar-refractivity contribution in [1.82, 2.24) is 4.98 Å². The molecule has 5 nitrogen and oxygen atoms in total. The van der Waals surface area contributed by atoms with Crippen molar-refractivity contribution in [2.45, 2.75) is 6.54 Å². The quantitative estimate of drug-likeness (QED) is 0.387. The van der Waals surface area contributed by atoms with E-state index in [-0.39, 0.29) is 5.71 Å². The van der Waals surface area contributed by atoms with Crippen LogP contribution in [-0.4, -0.2) is 38.1 Å². The summed E-state index contributed by atoms with van der Waals surface area (Å²) in [7, 11) is 5.84. The van der Waals surface area contributed by atoms with Gasteiger partial charge in [0.15, 0.2) is 6.29 Å². The fourth-order valence-corrected chi connectivity index (χ4v) is 3.07. The Morgan fingerprint density at radius 3 is 2.52 bits per heavy atom. The minimum absolute atomic E-state index is 0.207. The van der Waals surface area contributed by atoms with Gasteiger partial charge in [0.1, 0.15) is 11.5 Å². The Kier molecular flexibility index (Phi) is 7.27. The van der Waals surface area contributed by atoms with Crippen molar-refractivity contribution in [2.24, 2.45) is 4.99 Å². The minimum atomic E-state index is -0.411. The van der Waals surface area contributed by atoms with Crippen LogP contribution in [0.1, 0.15) is 11.1 Å². The van der Waals surface area contributed by atoms with Crippen LogP contribution in [0.25, 0.3) is 6.08 Å². The van der Waals surface area contributed by atoms with Crippen LogP contribution in [-0.2, 0) is 11.3 Å². The molecule has 3 rings (SSSR count). The summed E-state index contributed by atoms with van der Waals surface area (Å²) in [6.45, 7) is 0.576. The van der Waals surface area contributed by atoms with E-state index in [2.05, 4.69) is 9.98 Å². The van der Waals surface area contributed by atoms with Gasteiger partial charge in [-0.05, 0) is 47.5 Å². The first kappa shape index (κ1) is 21.9. The number of pyridine rings is 1. The largest absolute Gasteiger partial charge is 0.378 e. The number of anilines is 2. The van der Waals surface area contributed by atoms with E-state index < -0.39 is 5.82 Å². The monoisotopic (exact) mass is 416 g/mol. The number of benzene rings is 2. The number of carbonyl (C=O) groups excluding carboxylic acids is 1. The molecule has 0 saturated carbocycles. The number of aldehydes is 1. The van der Waals surface area contributed by atoms with E-state index in [9.17, 15) is 9.18 Å². The molecule has 0 atom stereocenters. The van der Waals surface area contributed by atoms with Crippen molar-refractivity contribution >= 4 is 35.1 Å². The molecule has 0 aliphatic rings. The van der Waals surface area contributed by atoms with Crippen LogP contribution in [0.3, 0.4) is 0 Å². The Bertz CT molecular complexity index is 1080. The van der Waals surface area contributed by atoms with Crippen molar-refractivity contribution in [2.75, 3.05) is 30.9 Å². The molecule has 0 fully saturated rings.